The second-order valence-electron chi connectivity index (χ2n) is 5.91. The van der Waals surface area contributed by atoms with E-state index in [1.807, 2.05) is 4.90 Å². The largest absolute Gasteiger partial charge is 0.337 e. The van der Waals surface area contributed by atoms with Crippen molar-refractivity contribution in [2.45, 2.75) is 25.8 Å². The molecule has 0 aliphatic carbocycles. The molecule has 2 aliphatic heterocycles. The number of nitrogens with two attached hydrogens (primary N) is 1. The number of carbonyl (C=O) groups excluding carboxylic acids is 1. The van der Waals surface area contributed by atoms with Crippen molar-refractivity contribution in [1.82, 2.24) is 25.2 Å². The van der Waals surface area contributed by atoms with Crippen molar-refractivity contribution in [3.8, 4) is 0 Å². The van der Waals surface area contributed by atoms with Crippen LogP contribution in [0.5, 0.6) is 0 Å². The normalized spacial score (nSPS) is 26.4. The van der Waals surface area contributed by atoms with E-state index in [9.17, 15) is 4.79 Å². The molecule has 1 aromatic rings. The van der Waals surface area contributed by atoms with Crippen LogP contribution in [0.25, 0.3) is 0 Å². The molecule has 20 heavy (non-hydrogen) atoms. The predicted molar refractivity (Wildman–Crippen MR) is 74.1 cm³/mol. The summed E-state index contributed by atoms with van der Waals surface area (Å²) in [5, 5.41) is 11.3. The zero-order valence-corrected chi connectivity index (χ0v) is 11.7. The third-order valence-electron chi connectivity index (χ3n) is 4.40. The summed E-state index contributed by atoms with van der Waals surface area (Å²) in [5.41, 5.74) is 6.19. The second kappa shape index (κ2) is 5.49. The highest BCUT2D eigenvalue weighted by atomic mass is 16.2. The van der Waals surface area contributed by atoms with Gasteiger partial charge in [0.1, 0.15) is 0 Å². The standard InChI is InChI=1S/C13H22N6O/c14-4-7-19-8-11(16-17-19)12(20)18-6-1-2-13(10-18)3-5-15-9-13/h8,15H,1-7,9-10,14H2/t13-/m1/s1. The fourth-order valence-corrected chi connectivity index (χ4v) is 3.33. The summed E-state index contributed by atoms with van der Waals surface area (Å²) in [4.78, 5) is 14.5. The summed E-state index contributed by atoms with van der Waals surface area (Å²) in [6.45, 7) is 4.84. The number of piperidine rings is 1. The molecule has 0 unspecified atom stereocenters. The van der Waals surface area contributed by atoms with Crippen molar-refractivity contribution in [1.29, 1.82) is 0 Å². The van der Waals surface area contributed by atoms with E-state index in [0.717, 1.165) is 39.0 Å². The van der Waals surface area contributed by atoms with Gasteiger partial charge in [0.05, 0.1) is 12.7 Å². The van der Waals surface area contributed by atoms with E-state index in [1.54, 1.807) is 10.9 Å². The van der Waals surface area contributed by atoms with Gasteiger partial charge in [-0.25, -0.2) is 0 Å². The summed E-state index contributed by atoms with van der Waals surface area (Å²) in [6.07, 6.45) is 5.15. The van der Waals surface area contributed by atoms with E-state index < -0.39 is 0 Å². The Morgan fingerprint density at radius 3 is 3.15 bits per heavy atom. The van der Waals surface area contributed by atoms with Crippen LogP contribution < -0.4 is 11.1 Å². The molecule has 0 bridgehead atoms. The number of likely N-dealkylation sites (tertiary alicyclic amines) is 1. The smallest absolute Gasteiger partial charge is 0.276 e. The Hall–Kier alpha value is -1.47. The van der Waals surface area contributed by atoms with Gasteiger partial charge < -0.3 is 16.0 Å². The average molecular weight is 278 g/mol. The van der Waals surface area contributed by atoms with E-state index in [1.165, 1.54) is 6.42 Å². The summed E-state index contributed by atoms with van der Waals surface area (Å²) in [7, 11) is 0. The van der Waals surface area contributed by atoms with Gasteiger partial charge in [-0.1, -0.05) is 5.21 Å². The lowest BCUT2D eigenvalue weighted by atomic mass is 9.79. The summed E-state index contributed by atoms with van der Waals surface area (Å²) in [5.74, 6) is -0.000698. The number of carbonyl (C=O) groups is 1. The van der Waals surface area contributed by atoms with Crippen LogP contribution >= 0.6 is 0 Å². The molecule has 0 radical (unpaired) electrons. The molecule has 110 valence electrons. The molecule has 1 atom stereocenters. The van der Waals surface area contributed by atoms with Crippen LogP contribution in [0.3, 0.4) is 0 Å². The summed E-state index contributed by atoms with van der Waals surface area (Å²) >= 11 is 0. The van der Waals surface area contributed by atoms with Crippen molar-refractivity contribution in [3.63, 3.8) is 0 Å². The van der Waals surface area contributed by atoms with E-state index >= 15 is 0 Å². The highest BCUT2D eigenvalue weighted by Crippen LogP contribution is 2.35. The van der Waals surface area contributed by atoms with Crippen molar-refractivity contribution in [2.24, 2.45) is 11.1 Å². The molecule has 2 fully saturated rings. The minimum absolute atomic E-state index is 0.000698. The Kier molecular flexibility index (Phi) is 3.71. The Morgan fingerprint density at radius 2 is 2.40 bits per heavy atom. The number of nitrogens with one attached hydrogen (secondary N) is 1. The predicted octanol–water partition coefficient (Wildman–Crippen LogP) is -0.547. The molecule has 7 nitrogen and oxygen atoms in total. The number of hydrogen-bond donors (Lipinski definition) is 2. The Morgan fingerprint density at radius 1 is 1.50 bits per heavy atom. The van der Waals surface area contributed by atoms with Gasteiger partial charge in [-0.2, -0.15) is 0 Å². The average Bonchev–Trinajstić information content (AvgIpc) is 3.09. The molecular weight excluding hydrogens is 256 g/mol. The first kappa shape index (κ1) is 13.5. The fraction of sp³-hybridized carbons (Fsp3) is 0.769. The number of rotatable bonds is 3. The van der Waals surface area contributed by atoms with Gasteiger partial charge in [0.15, 0.2) is 5.69 Å². The lowest BCUT2D eigenvalue weighted by Gasteiger charge is -2.39. The van der Waals surface area contributed by atoms with Gasteiger partial charge in [-0.15, -0.1) is 5.10 Å². The zero-order chi connectivity index (χ0) is 14.0. The fourth-order valence-electron chi connectivity index (χ4n) is 3.33. The molecule has 3 rings (SSSR count). The molecular formula is C13H22N6O. The molecule has 0 aromatic carbocycles. The SMILES string of the molecule is NCCn1cc(C(=O)N2CCC[C@]3(CCNC3)C2)nn1. The first-order valence-electron chi connectivity index (χ1n) is 7.33. The van der Waals surface area contributed by atoms with E-state index in [2.05, 4.69) is 15.6 Å². The van der Waals surface area contributed by atoms with Crippen molar-refractivity contribution in [2.75, 3.05) is 32.7 Å². The minimum Gasteiger partial charge on any atom is -0.337 e. The molecule has 2 saturated heterocycles. The van der Waals surface area contributed by atoms with E-state index in [-0.39, 0.29) is 11.3 Å². The number of aromatic nitrogens is 3. The maximum absolute atomic E-state index is 12.5. The molecule has 1 spiro atoms. The van der Waals surface area contributed by atoms with Gasteiger partial charge in [-0.05, 0) is 25.8 Å². The summed E-state index contributed by atoms with van der Waals surface area (Å²) in [6, 6.07) is 0. The monoisotopic (exact) mass is 278 g/mol. The van der Waals surface area contributed by atoms with E-state index in [0.29, 0.717) is 18.8 Å². The third kappa shape index (κ3) is 2.55. The Labute approximate surface area is 118 Å². The Bertz CT molecular complexity index is 479. The number of nitrogens with zero attached hydrogens (tertiary/aromatic N) is 4. The van der Waals surface area contributed by atoms with Crippen LogP contribution in [0.2, 0.25) is 0 Å². The van der Waals surface area contributed by atoms with Gasteiger partial charge >= 0.3 is 0 Å². The lowest BCUT2D eigenvalue weighted by molar-refractivity contribution is 0.0547. The first-order valence-corrected chi connectivity index (χ1v) is 7.33. The van der Waals surface area contributed by atoms with Crippen LogP contribution in [0.4, 0.5) is 0 Å². The van der Waals surface area contributed by atoms with Crippen molar-refractivity contribution >= 4 is 5.91 Å². The summed E-state index contributed by atoms with van der Waals surface area (Å²) < 4.78 is 1.63. The second-order valence-corrected chi connectivity index (χ2v) is 5.91. The molecule has 3 heterocycles. The Balaban J connectivity index is 1.69. The lowest BCUT2D eigenvalue weighted by Crippen LogP contribution is -2.47. The van der Waals surface area contributed by atoms with Gasteiger partial charge in [0, 0.05) is 31.6 Å². The molecule has 1 aromatic heterocycles. The van der Waals surface area contributed by atoms with Crippen LogP contribution in [-0.4, -0.2) is 58.5 Å². The zero-order valence-electron chi connectivity index (χ0n) is 11.7. The quantitative estimate of drug-likeness (QED) is 0.774. The van der Waals surface area contributed by atoms with Crippen LogP contribution in [0, 0.1) is 5.41 Å². The highest BCUT2D eigenvalue weighted by Gasteiger charge is 2.39. The molecule has 1 amide bonds. The van der Waals surface area contributed by atoms with E-state index in [4.69, 9.17) is 5.73 Å². The van der Waals surface area contributed by atoms with Crippen LogP contribution in [0.15, 0.2) is 6.20 Å². The van der Waals surface area contributed by atoms with Gasteiger partial charge in [0.2, 0.25) is 0 Å². The third-order valence-corrected chi connectivity index (χ3v) is 4.40. The highest BCUT2D eigenvalue weighted by molar-refractivity contribution is 5.92. The topological polar surface area (TPSA) is 89.1 Å². The van der Waals surface area contributed by atoms with Crippen LogP contribution in [0.1, 0.15) is 29.8 Å². The minimum atomic E-state index is -0.000698. The molecule has 3 N–H and O–H groups in total. The first-order chi connectivity index (χ1) is 9.72. The molecule has 2 aliphatic rings. The number of amides is 1. The maximum atomic E-state index is 12.5. The van der Waals surface area contributed by atoms with Gasteiger partial charge in [-0.3, -0.25) is 9.48 Å². The van der Waals surface area contributed by atoms with Crippen LogP contribution in [-0.2, 0) is 6.54 Å². The molecule has 0 saturated carbocycles. The van der Waals surface area contributed by atoms with Crippen molar-refractivity contribution in [3.05, 3.63) is 11.9 Å². The number of hydrogen-bond acceptors (Lipinski definition) is 5. The molecule has 7 heteroatoms. The van der Waals surface area contributed by atoms with Gasteiger partial charge in [0.25, 0.3) is 5.91 Å². The van der Waals surface area contributed by atoms with Crippen molar-refractivity contribution < 1.29 is 4.79 Å². The maximum Gasteiger partial charge on any atom is 0.276 e.